The number of aryl methyl sites for hydroxylation is 1. The Bertz CT molecular complexity index is 656. The Balaban J connectivity index is 1.77. The van der Waals surface area contributed by atoms with Crippen molar-refractivity contribution in [2.24, 2.45) is 7.05 Å². The number of tetrazole rings is 1. The minimum absolute atomic E-state index is 0.607. The van der Waals surface area contributed by atoms with Crippen LogP contribution in [0, 0.1) is 0 Å². The number of aromatic nitrogens is 6. The summed E-state index contributed by atoms with van der Waals surface area (Å²) in [6.45, 7) is 0.626. The van der Waals surface area contributed by atoms with Crippen LogP contribution in [0.3, 0.4) is 0 Å². The molecule has 1 aromatic carbocycles. The monoisotopic (exact) mass is 255 g/mol. The van der Waals surface area contributed by atoms with Crippen molar-refractivity contribution in [2.45, 2.75) is 6.54 Å². The van der Waals surface area contributed by atoms with Crippen LogP contribution in [0.1, 0.15) is 5.56 Å². The van der Waals surface area contributed by atoms with E-state index in [-0.39, 0.29) is 0 Å². The summed E-state index contributed by atoms with van der Waals surface area (Å²) < 4.78 is 3.42. The Morgan fingerprint density at radius 2 is 2.05 bits per heavy atom. The molecular formula is C12H13N7. The smallest absolute Gasteiger partial charge is 0.248 e. The van der Waals surface area contributed by atoms with Crippen LogP contribution in [0.2, 0.25) is 0 Å². The van der Waals surface area contributed by atoms with Gasteiger partial charge < -0.3 is 5.32 Å². The van der Waals surface area contributed by atoms with Crippen LogP contribution in [0.25, 0.3) is 5.69 Å². The minimum atomic E-state index is 0.607. The van der Waals surface area contributed by atoms with Gasteiger partial charge in [0.25, 0.3) is 0 Å². The molecule has 19 heavy (non-hydrogen) atoms. The summed E-state index contributed by atoms with van der Waals surface area (Å²) >= 11 is 0. The second-order valence-electron chi connectivity index (χ2n) is 4.13. The van der Waals surface area contributed by atoms with Gasteiger partial charge in [0.2, 0.25) is 5.95 Å². The highest BCUT2D eigenvalue weighted by atomic mass is 15.6. The highest BCUT2D eigenvalue weighted by Crippen LogP contribution is 2.11. The number of anilines is 1. The second-order valence-corrected chi connectivity index (χ2v) is 4.13. The minimum Gasteiger partial charge on any atom is -0.349 e. The summed E-state index contributed by atoms with van der Waals surface area (Å²) in [5.74, 6) is 0.607. The van der Waals surface area contributed by atoms with Gasteiger partial charge >= 0.3 is 0 Å². The van der Waals surface area contributed by atoms with Crippen LogP contribution < -0.4 is 5.32 Å². The van der Waals surface area contributed by atoms with Crippen molar-refractivity contribution in [1.82, 2.24) is 30.0 Å². The zero-order valence-corrected chi connectivity index (χ0v) is 10.4. The van der Waals surface area contributed by atoms with E-state index < -0.39 is 0 Å². The molecule has 2 aromatic heterocycles. The maximum absolute atomic E-state index is 4.12. The third-order valence-electron chi connectivity index (χ3n) is 2.68. The number of para-hydroxylation sites is 1. The van der Waals surface area contributed by atoms with Crippen molar-refractivity contribution in [3.8, 4) is 5.69 Å². The molecule has 0 aliphatic rings. The average Bonchev–Trinajstić information content (AvgIpc) is 3.06. The maximum atomic E-state index is 4.12. The molecule has 0 atom stereocenters. The Morgan fingerprint density at radius 3 is 2.79 bits per heavy atom. The summed E-state index contributed by atoms with van der Waals surface area (Å²) in [4.78, 5) is 0. The van der Waals surface area contributed by atoms with Gasteiger partial charge in [0, 0.05) is 25.4 Å². The van der Waals surface area contributed by atoms with E-state index in [0.29, 0.717) is 12.5 Å². The van der Waals surface area contributed by atoms with Gasteiger partial charge in [-0.2, -0.15) is 9.78 Å². The topological polar surface area (TPSA) is 73.5 Å². The molecule has 0 spiro atoms. The van der Waals surface area contributed by atoms with Gasteiger partial charge in [-0.25, -0.2) is 0 Å². The molecular weight excluding hydrogens is 242 g/mol. The molecule has 0 aliphatic carbocycles. The lowest BCUT2D eigenvalue weighted by molar-refractivity contribution is 0.767. The van der Waals surface area contributed by atoms with E-state index in [0.717, 1.165) is 11.3 Å². The highest BCUT2D eigenvalue weighted by Gasteiger charge is 2.07. The zero-order valence-electron chi connectivity index (χ0n) is 10.4. The molecule has 0 radical (unpaired) electrons. The first-order valence-electron chi connectivity index (χ1n) is 5.88. The van der Waals surface area contributed by atoms with Gasteiger partial charge in [-0.3, -0.25) is 4.68 Å². The average molecular weight is 255 g/mol. The normalized spacial score (nSPS) is 10.6. The third-order valence-corrected chi connectivity index (χ3v) is 2.68. The molecule has 0 bridgehead atoms. The fraction of sp³-hybridized carbons (Fsp3) is 0.167. The molecule has 0 saturated heterocycles. The number of rotatable bonds is 4. The third kappa shape index (κ3) is 2.44. The molecule has 96 valence electrons. The molecule has 0 amide bonds. The van der Waals surface area contributed by atoms with E-state index >= 15 is 0 Å². The molecule has 1 N–H and O–H groups in total. The first kappa shape index (κ1) is 11.4. The maximum Gasteiger partial charge on any atom is 0.248 e. The van der Waals surface area contributed by atoms with Crippen molar-refractivity contribution in [2.75, 3.05) is 5.32 Å². The van der Waals surface area contributed by atoms with E-state index in [2.05, 4.69) is 25.9 Å². The second kappa shape index (κ2) is 4.89. The van der Waals surface area contributed by atoms with Crippen LogP contribution in [-0.2, 0) is 13.6 Å². The predicted molar refractivity (Wildman–Crippen MR) is 69.7 cm³/mol. The van der Waals surface area contributed by atoms with Crippen molar-refractivity contribution in [1.29, 1.82) is 0 Å². The van der Waals surface area contributed by atoms with Gasteiger partial charge in [0.1, 0.15) is 0 Å². The summed E-state index contributed by atoms with van der Waals surface area (Å²) in [7, 11) is 1.89. The van der Waals surface area contributed by atoms with Gasteiger partial charge in [-0.05, 0) is 22.6 Å². The molecule has 3 rings (SSSR count). The van der Waals surface area contributed by atoms with Gasteiger partial charge in [0.05, 0.1) is 11.9 Å². The first-order valence-corrected chi connectivity index (χ1v) is 5.88. The lowest BCUT2D eigenvalue weighted by Crippen LogP contribution is -2.07. The summed E-state index contributed by atoms with van der Waals surface area (Å²) in [5, 5.41) is 19.0. The number of hydrogen-bond acceptors (Lipinski definition) is 5. The van der Waals surface area contributed by atoms with E-state index in [4.69, 9.17) is 0 Å². The highest BCUT2D eigenvalue weighted by molar-refractivity contribution is 5.38. The molecule has 0 unspecified atom stereocenters. The molecule has 7 nitrogen and oxygen atoms in total. The van der Waals surface area contributed by atoms with Crippen LogP contribution >= 0.6 is 0 Å². The fourth-order valence-corrected chi connectivity index (χ4v) is 1.78. The van der Waals surface area contributed by atoms with E-state index in [1.165, 1.54) is 0 Å². The van der Waals surface area contributed by atoms with Crippen LogP contribution in [0.4, 0.5) is 5.95 Å². The molecule has 0 aliphatic heterocycles. The van der Waals surface area contributed by atoms with Gasteiger partial charge in [-0.1, -0.05) is 23.3 Å². The predicted octanol–water partition coefficient (Wildman–Crippen LogP) is 1.01. The van der Waals surface area contributed by atoms with E-state index in [9.17, 15) is 0 Å². The lowest BCUT2D eigenvalue weighted by Gasteiger charge is -2.05. The van der Waals surface area contributed by atoms with Crippen LogP contribution in [0.5, 0.6) is 0 Å². The zero-order chi connectivity index (χ0) is 13.1. The SMILES string of the molecule is Cn1cc(CNc2nnnn2-c2ccccc2)cn1. The van der Waals surface area contributed by atoms with Crippen molar-refractivity contribution < 1.29 is 0 Å². The Labute approximate surface area is 109 Å². The molecule has 0 saturated carbocycles. The van der Waals surface area contributed by atoms with E-state index in [1.807, 2.05) is 49.8 Å². The number of hydrogen-bond donors (Lipinski definition) is 1. The summed E-state index contributed by atoms with van der Waals surface area (Å²) in [6, 6.07) is 9.75. The number of nitrogens with one attached hydrogen (secondary N) is 1. The largest absolute Gasteiger partial charge is 0.349 e. The molecule has 3 aromatic rings. The van der Waals surface area contributed by atoms with Crippen molar-refractivity contribution in [3.05, 3.63) is 48.3 Å². The molecule has 0 fully saturated rings. The number of benzene rings is 1. The van der Waals surface area contributed by atoms with Gasteiger partial charge in [-0.15, -0.1) is 0 Å². The first-order chi connectivity index (χ1) is 9.33. The Hall–Kier alpha value is -2.70. The van der Waals surface area contributed by atoms with E-state index in [1.54, 1.807) is 9.36 Å². The Kier molecular flexibility index (Phi) is 2.93. The van der Waals surface area contributed by atoms with Crippen molar-refractivity contribution >= 4 is 5.95 Å². The quantitative estimate of drug-likeness (QED) is 0.753. The molecule has 7 heteroatoms. The van der Waals surface area contributed by atoms with Crippen LogP contribution in [0.15, 0.2) is 42.7 Å². The summed E-state index contributed by atoms with van der Waals surface area (Å²) in [5.41, 5.74) is 1.99. The standard InChI is InChI=1S/C12H13N7/c1-18-9-10(8-14-18)7-13-12-15-16-17-19(12)11-5-3-2-4-6-11/h2-6,8-9H,7H2,1H3,(H,13,15,17). The Morgan fingerprint density at radius 1 is 1.21 bits per heavy atom. The molecule has 2 heterocycles. The lowest BCUT2D eigenvalue weighted by atomic mass is 10.3. The van der Waals surface area contributed by atoms with Crippen molar-refractivity contribution in [3.63, 3.8) is 0 Å². The van der Waals surface area contributed by atoms with Crippen LogP contribution in [-0.4, -0.2) is 30.0 Å². The van der Waals surface area contributed by atoms with Gasteiger partial charge in [0.15, 0.2) is 0 Å². The number of nitrogens with zero attached hydrogens (tertiary/aromatic N) is 6. The summed E-state index contributed by atoms with van der Waals surface area (Å²) in [6.07, 6.45) is 3.76. The fourth-order valence-electron chi connectivity index (χ4n) is 1.78.